The Labute approximate surface area is 117 Å². The molecule has 2 rings (SSSR count). The van der Waals surface area contributed by atoms with E-state index in [4.69, 9.17) is 10.5 Å². The summed E-state index contributed by atoms with van der Waals surface area (Å²) in [4.78, 5) is 16.1. The van der Waals surface area contributed by atoms with E-state index in [1.807, 2.05) is 31.2 Å². The highest BCUT2D eigenvalue weighted by Gasteiger charge is 2.14. The van der Waals surface area contributed by atoms with Crippen LogP contribution in [0.1, 0.15) is 22.8 Å². The number of pyridine rings is 1. The van der Waals surface area contributed by atoms with Gasteiger partial charge in [-0.3, -0.25) is 0 Å². The van der Waals surface area contributed by atoms with Crippen molar-refractivity contribution >= 4 is 23.2 Å². The normalized spacial score (nSPS) is 10.1. The minimum Gasteiger partial charge on any atom is -0.462 e. The number of ether oxygens (including phenoxy) is 1. The molecule has 1 heterocycles. The number of nitrogens with zero attached hydrogens (tertiary/aromatic N) is 1. The molecule has 0 aliphatic carbocycles. The summed E-state index contributed by atoms with van der Waals surface area (Å²) in [6, 6.07) is 9.35. The summed E-state index contributed by atoms with van der Waals surface area (Å²) in [5.41, 5.74) is 8.40. The molecule has 0 aliphatic rings. The maximum Gasteiger partial charge on any atom is 0.341 e. The summed E-state index contributed by atoms with van der Waals surface area (Å²) < 4.78 is 5.01. The molecule has 0 saturated carbocycles. The molecule has 0 spiro atoms. The summed E-state index contributed by atoms with van der Waals surface area (Å²) in [6.07, 6.45) is 1.50. The number of nitrogen functional groups attached to an aromatic ring is 1. The van der Waals surface area contributed by atoms with E-state index in [-0.39, 0.29) is 0 Å². The third-order valence-electron chi connectivity index (χ3n) is 2.69. The topological polar surface area (TPSA) is 77.2 Å². The van der Waals surface area contributed by atoms with Crippen molar-refractivity contribution in [3.05, 3.63) is 47.7 Å². The van der Waals surface area contributed by atoms with Crippen LogP contribution in [0.4, 0.5) is 17.2 Å². The maximum atomic E-state index is 11.9. The SMILES string of the molecule is CCOC(=O)c1cc(N)cnc1Nc1cccc(C)c1. The number of rotatable bonds is 4. The zero-order valence-corrected chi connectivity index (χ0v) is 11.5. The van der Waals surface area contributed by atoms with Crippen molar-refractivity contribution in [3.63, 3.8) is 0 Å². The molecule has 0 atom stereocenters. The third kappa shape index (κ3) is 3.26. The van der Waals surface area contributed by atoms with Gasteiger partial charge in [-0.25, -0.2) is 9.78 Å². The van der Waals surface area contributed by atoms with E-state index >= 15 is 0 Å². The Morgan fingerprint density at radius 2 is 2.20 bits per heavy atom. The summed E-state index contributed by atoms with van der Waals surface area (Å²) in [7, 11) is 0. The van der Waals surface area contributed by atoms with Gasteiger partial charge in [0.15, 0.2) is 0 Å². The molecule has 1 aromatic heterocycles. The number of esters is 1. The van der Waals surface area contributed by atoms with Crippen molar-refractivity contribution in [2.24, 2.45) is 0 Å². The third-order valence-corrected chi connectivity index (χ3v) is 2.69. The first-order valence-corrected chi connectivity index (χ1v) is 6.36. The lowest BCUT2D eigenvalue weighted by Crippen LogP contribution is -2.10. The Hall–Kier alpha value is -2.56. The summed E-state index contributed by atoms with van der Waals surface area (Å²) in [5.74, 6) is -0.00861. The van der Waals surface area contributed by atoms with Crippen molar-refractivity contribution in [1.82, 2.24) is 4.98 Å². The molecule has 0 bridgehead atoms. The van der Waals surface area contributed by atoms with Crippen LogP contribution >= 0.6 is 0 Å². The largest absolute Gasteiger partial charge is 0.462 e. The lowest BCUT2D eigenvalue weighted by Gasteiger charge is -2.11. The van der Waals surface area contributed by atoms with Crippen LogP contribution in [-0.2, 0) is 4.74 Å². The van der Waals surface area contributed by atoms with Gasteiger partial charge in [-0.1, -0.05) is 12.1 Å². The van der Waals surface area contributed by atoms with Crippen LogP contribution < -0.4 is 11.1 Å². The van der Waals surface area contributed by atoms with Crippen LogP contribution in [0.2, 0.25) is 0 Å². The average Bonchev–Trinajstić information content (AvgIpc) is 2.41. The lowest BCUT2D eigenvalue weighted by molar-refractivity contribution is 0.0527. The number of carbonyl (C=O) groups is 1. The second-order valence-electron chi connectivity index (χ2n) is 4.38. The van der Waals surface area contributed by atoms with Crippen LogP contribution in [0, 0.1) is 6.92 Å². The van der Waals surface area contributed by atoms with Crippen LogP contribution in [0.5, 0.6) is 0 Å². The molecule has 0 unspecified atom stereocenters. The number of hydrogen-bond donors (Lipinski definition) is 2. The summed E-state index contributed by atoms with van der Waals surface area (Å²) >= 11 is 0. The first kappa shape index (κ1) is 13.9. The smallest absolute Gasteiger partial charge is 0.341 e. The molecule has 104 valence electrons. The predicted octanol–water partition coefficient (Wildman–Crippen LogP) is 2.89. The standard InChI is InChI=1S/C15H17N3O2/c1-3-20-15(19)13-8-11(16)9-17-14(13)18-12-6-4-5-10(2)7-12/h4-9H,3,16H2,1-2H3,(H,17,18). The molecule has 0 fully saturated rings. The highest BCUT2D eigenvalue weighted by molar-refractivity contribution is 5.96. The first-order chi connectivity index (χ1) is 9.60. The van der Waals surface area contributed by atoms with Crippen LogP contribution in [0.15, 0.2) is 36.5 Å². The molecule has 2 aromatic rings. The van der Waals surface area contributed by atoms with Gasteiger partial charge in [0.2, 0.25) is 0 Å². The minimum absolute atomic E-state index is 0.303. The van der Waals surface area contributed by atoms with Gasteiger partial charge in [-0.15, -0.1) is 0 Å². The molecular formula is C15H17N3O2. The van der Waals surface area contributed by atoms with E-state index in [9.17, 15) is 4.79 Å². The van der Waals surface area contributed by atoms with E-state index in [1.54, 1.807) is 13.0 Å². The molecule has 20 heavy (non-hydrogen) atoms. The van der Waals surface area contributed by atoms with Crippen molar-refractivity contribution in [1.29, 1.82) is 0 Å². The van der Waals surface area contributed by atoms with Crippen molar-refractivity contribution in [2.45, 2.75) is 13.8 Å². The highest BCUT2D eigenvalue weighted by atomic mass is 16.5. The van der Waals surface area contributed by atoms with E-state index in [1.165, 1.54) is 6.20 Å². The zero-order valence-electron chi connectivity index (χ0n) is 11.5. The Bertz CT molecular complexity index is 626. The first-order valence-electron chi connectivity index (χ1n) is 6.36. The Morgan fingerprint density at radius 3 is 2.90 bits per heavy atom. The molecule has 0 radical (unpaired) electrons. The quantitative estimate of drug-likeness (QED) is 0.836. The molecule has 0 aliphatic heterocycles. The maximum absolute atomic E-state index is 11.9. The monoisotopic (exact) mass is 271 g/mol. The Kier molecular flexibility index (Phi) is 4.20. The number of anilines is 3. The summed E-state index contributed by atoms with van der Waals surface area (Å²) in [6.45, 7) is 4.05. The van der Waals surface area contributed by atoms with Gasteiger partial charge in [0.1, 0.15) is 11.4 Å². The number of hydrogen-bond acceptors (Lipinski definition) is 5. The number of aromatic nitrogens is 1. The Balaban J connectivity index is 2.33. The van der Waals surface area contributed by atoms with E-state index in [0.29, 0.717) is 23.7 Å². The predicted molar refractivity (Wildman–Crippen MR) is 79.1 cm³/mol. The molecule has 0 amide bonds. The van der Waals surface area contributed by atoms with Crippen molar-refractivity contribution in [2.75, 3.05) is 17.7 Å². The van der Waals surface area contributed by atoms with Gasteiger partial charge < -0.3 is 15.8 Å². The van der Waals surface area contributed by atoms with E-state index < -0.39 is 5.97 Å². The fourth-order valence-electron chi connectivity index (χ4n) is 1.80. The minimum atomic E-state index is -0.442. The van der Waals surface area contributed by atoms with Gasteiger partial charge in [0, 0.05) is 5.69 Å². The number of aryl methyl sites for hydroxylation is 1. The molecule has 3 N–H and O–H groups in total. The Morgan fingerprint density at radius 1 is 1.40 bits per heavy atom. The fourth-order valence-corrected chi connectivity index (χ4v) is 1.80. The number of carbonyl (C=O) groups excluding carboxylic acids is 1. The van der Waals surface area contributed by atoms with Gasteiger partial charge in [0.05, 0.1) is 18.5 Å². The van der Waals surface area contributed by atoms with Crippen LogP contribution in [-0.4, -0.2) is 17.6 Å². The van der Waals surface area contributed by atoms with Gasteiger partial charge in [-0.05, 0) is 37.6 Å². The molecule has 5 heteroatoms. The van der Waals surface area contributed by atoms with Gasteiger partial charge >= 0.3 is 5.97 Å². The molecular weight excluding hydrogens is 254 g/mol. The highest BCUT2D eigenvalue weighted by Crippen LogP contribution is 2.22. The summed E-state index contributed by atoms with van der Waals surface area (Å²) in [5, 5.41) is 3.11. The van der Waals surface area contributed by atoms with Crippen LogP contribution in [0.25, 0.3) is 0 Å². The number of benzene rings is 1. The fraction of sp³-hybridized carbons (Fsp3) is 0.200. The zero-order chi connectivity index (χ0) is 14.5. The van der Waals surface area contributed by atoms with Gasteiger partial charge in [-0.2, -0.15) is 0 Å². The van der Waals surface area contributed by atoms with E-state index in [2.05, 4.69) is 10.3 Å². The second-order valence-corrected chi connectivity index (χ2v) is 4.38. The van der Waals surface area contributed by atoms with Crippen molar-refractivity contribution in [3.8, 4) is 0 Å². The average molecular weight is 271 g/mol. The number of nitrogens with one attached hydrogen (secondary N) is 1. The lowest BCUT2D eigenvalue weighted by atomic mass is 10.2. The second kappa shape index (κ2) is 6.06. The van der Waals surface area contributed by atoms with Gasteiger partial charge in [0.25, 0.3) is 0 Å². The molecule has 1 aromatic carbocycles. The number of nitrogens with two attached hydrogens (primary N) is 1. The van der Waals surface area contributed by atoms with Crippen LogP contribution in [0.3, 0.4) is 0 Å². The van der Waals surface area contributed by atoms with Crippen molar-refractivity contribution < 1.29 is 9.53 Å². The molecule has 0 saturated heterocycles. The van der Waals surface area contributed by atoms with E-state index in [0.717, 1.165) is 11.3 Å². The molecule has 5 nitrogen and oxygen atoms in total.